The molecule has 2 heterocycles. The minimum atomic E-state index is -1.11. The first-order chi connectivity index (χ1) is 14.5. The first kappa shape index (κ1) is 19.8. The highest BCUT2D eigenvalue weighted by molar-refractivity contribution is 7.18. The van der Waals surface area contributed by atoms with Gasteiger partial charge in [0.15, 0.2) is 5.13 Å². The summed E-state index contributed by atoms with van der Waals surface area (Å²) in [6, 6.07) is 17.4. The third-order valence-electron chi connectivity index (χ3n) is 4.95. The molecule has 2 aromatic carbocycles. The Morgan fingerprint density at radius 3 is 2.37 bits per heavy atom. The van der Waals surface area contributed by atoms with Crippen LogP contribution in [0, 0.1) is 0 Å². The molecule has 1 saturated heterocycles. The fourth-order valence-electron chi connectivity index (χ4n) is 3.50. The number of nitrogens with zero attached hydrogens (tertiary/aromatic N) is 2. The van der Waals surface area contributed by atoms with Gasteiger partial charge in [-0.3, -0.25) is 14.5 Å². The second-order valence-corrected chi connectivity index (χ2v) is 7.88. The lowest BCUT2D eigenvalue weighted by atomic mass is 10.1. The normalized spacial score (nSPS) is 15.7. The van der Waals surface area contributed by atoms with Gasteiger partial charge < -0.3 is 10.4 Å². The number of hydrogen-bond acceptors (Lipinski definition) is 5. The van der Waals surface area contributed by atoms with Crippen molar-refractivity contribution in [2.45, 2.75) is 18.9 Å². The maximum absolute atomic E-state index is 13.1. The topological polar surface area (TPSA) is 99.6 Å². The van der Waals surface area contributed by atoms with Crippen molar-refractivity contribution in [3.63, 3.8) is 0 Å². The van der Waals surface area contributed by atoms with Gasteiger partial charge in [0, 0.05) is 17.7 Å². The molecule has 0 bridgehead atoms. The Morgan fingerprint density at radius 2 is 1.70 bits per heavy atom. The standard InChI is InChI=1S/C22H19N3O4S/c26-18(15-10-5-2-6-11-15)19-17(14-8-3-1-4-9-14)23-21(30-19)24-20(27)16-12-7-13-25(16)22(28)29/h1-6,8-11,16H,7,12-13H2,(H,28,29)(H,23,24,27)/t16-/m0/s1. The monoisotopic (exact) mass is 421 g/mol. The van der Waals surface area contributed by atoms with E-state index in [2.05, 4.69) is 10.3 Å². The van der Waals surface area contributed by atoms with Gasteiger partial charge in [-0.05, 0) is 12.8 Å². The van der Waals surface area contributed by atoms with Crippen molar-refractivity contribution >= 4 is 34.3 Å². The number of nitrogens with one attached hydrogen (secondary N) is 1. The van der Waals surface area contributed by atoms with Crippen molar-refractivity contribution < 1.29 is 19.5 Å². The van der Waals surface area contributed by atoms with Crippen molar-refractivity contribution in [1.29, 1.82) is 0 Å². The number of amides is 2. The summed E-state index contributed by atoms with van der Waals surface area (Å²) in [7, 11) is 0. The van der Waals surface area contributed by atoms with E-state index >= 15 is 0 Å². The number of carbonyl (C=O) groups is 3. The van der Waals surface area contributed by atoms with Crippen molar-refractivity contribution in [3.05, 3.63) is 71.1 Å². The number of anilines is 1. The molecular formula is C22H19N3O4S. The molecule has 152 valence electrons. The molecule has 3 aromatic rings. The summed E-state index contributed by atoms with van der Waals surface area (Å²) in [5.41, 5.74) is 1.79. The Kier molecular flexibility index (Phi) is 5.58. The zero-order chi connectivity index (χ0) is 21.1. The molecule has 2 amide bonds. The van der Waals surface area contributed by atoms with Crippen molar-refractivity contribution in [1.82, 2.24) is 9.88 Å². The zero-order valence-corrected chi connectivity index (χ0v) is 16.8. The smallest absolute Gasteiger partial charge is 0.407 e. The average Bonchev–Trinajstić information content (AvgIpc) is 3.42. The second kappa shape index (κ2) is 8.46. The van der Waals surface area contributed by atoms with Crippen LogP contribution in [0.15, 0.2) is 60.7 Å². The van der Waals surface area contributed by atoms with E-state index in [1.165, 1.54) is 0 Å². The van der Waals surface area contributed by atoms with Crippen molar-refractivity contribution in [2.75, 3.05) is 11.9 Å². The Bertz CT molecular complexity index is 1080. The lowest BCUT2D eigenvalue weighted by Crippen LogP contribution is -2.42. The van der Waals surface area contributed by atoms with Gasteiger partial charge >= 0.3 is 6.09 Å². The van der Waals surface area contributed by atoms with Gasteiger partial charge in [-0.15, -0.1) is 0 Å². The van der Waals surface area contributed by atoms with E-state index in [1.54, 1.807) is 24.3 Å². The molecule has 1 aromatic heterocycles. The Morgan fingerprint density at radius 1 is 1.03 bits per heavy atom. The molecule has 0 aliphatic carbocycles. The van der Waals surface area contributed by atoms with Gasteiger partial charge in [-0.25, -0.2) is 9.78 Å². The van der Waals surface area contributed by atoms with Crippen LogP contribution in [-0.4, -0.2) is 45.4 Å². The summed E-state index contributed by atoms with van der Waals surface area (Å²) in [6.45, 7) is 0.332. The van der Waals surface area contributed by atoms with E-state index in [0.29, 0.717) is 35.5 Å². The third-order valence-corrected chi connectivity index (χ3v) is 5.92. The number of ketones is 1. The zero-order valence-electron chi connectivity index (χ0n) is 15.9. The summed E-state index contributed by atoms with van der Waals surface area (Å²) in [5, 5.41) is 12.3. The molecule has 30 heavy (non-hydrogen) atoms. The average molecular weight is 421 g/mol. The second-order valence-electron chi connectivity index (χ2n) is 6.88. The predicted octanol–water partition coefficient (Wildman–Crippen LogP) is 4.12. The number of carboxylic acid groups (broad SMARTS) is 1. The minimum Gasteiger partial charge on any atom is -0.465 e. The van der Waals surface area contributed by atoms with Crippen LogP contribution in [-0.2, 0) is 4.79 Å². The van der Waals surface area contributed by atoms with Crippen LogP contribution in [0.25, 0.3) is 11.3 Å². The van der Waals surface area contributed by atoms with E-state index in [4.69, 9.17) is 0 Å². The van der Waals surface area contributed by atoms with E-state index in [0.717, 1.165) is 21.8 Å². The summed E-state index contributed by atoms with van der Waals surface area (Å²) in [4.78, 5) is 43.2. The molecule has 0 unspecified atom stereocenters. The molecule has 0 spiro atoms. The van der Waals surface area contributed by atoms with Gasteiger partial charge in [0.05, 0.1) is 5.69 Å². The summed E-state index contributed by atoms with van der Waals surface area (Å²) >= 11 is 1.10. The predicted molar refractivity (Wildman–Crippen MR) is 114 cm³/mol. The maximum Gasteiger partial charge on any atom is 0.407 e. The van der Waals surface area contributed by atoms with Gasteiger partial charge in [0.2, 0.25) is 11.7 Å². The Labute approximate surface area is 177 Å². The molecule has 2 N–H and O–H groups in total. The van der Waals surface area contributed by atoms with Crippen LogP contribution in [0.2, 0.25) is 0 Å². The molecule has 1 fully saturated rings. The number of thiazole rings is 1. The van der Waals surface area contributed by atoms with Crippen LogP contribution < -0.4 is 5.32 Å². The third kappa shape index (κ3) is 3.95. The van der Waals surface area contributed by atoms with E-state index < -0.39 is 18.0 Å². The largest absolute Gasteiger partial charge is 0.465 e. The maximum atomic E-state index is 13.1. The van der Waals surface area contributed by atoms with Gasteiger partial charge in [-0.1, -0.05) is 72.0 Å². The summed E-state index contributed by atoms with van der Waals surface area (Å²) < 4.78 is 0. The molecule has 4 rings (SSSR count). The highest BCUT2D eigenvalue weighted by atomic mass is 32.1. The quantitative estimate of drug-likeness (QED) is 0.604. The van der Waals surface area contributed by atoms with Crippen LogP contribution in [0.1, 0.15) is 28.1 Å². The van der Waals surface area contributed by atoms with E-state index in [9.17, 15) is 19.5 Å². The lowest BCUT2D eigenvalue weighted by Gasteiger charge is -2.19. The Balaban J connectivity index is 1.66. The highest BCUT2D eigenvalue weighted by Gasteiger charge is 2.34. The molecule has 0 radical (unpaired) electrons. The van der Waals surface area contributed by atoms with Crippen molar-refractivity contribution in [3.8, 4) is 11.3 Å². The fourth-order valence-corrected chi connectivity index (χ4v) is 4.45. The number of rotatable bonds is 5. The molecule has 1 aliphatic rings. The number of benzene rings is 2. The van der Waals surface area contributed by atoms with Crippen molar-refractivity contribution in [2.24, 2.45) is 0 Å². The molecule has 1 aliphatic heterocycles. The van der Waals surface area contributed by atoms with Gasteiger partial charge in [0.25, 0.3) is 0 Å². The van der Waals surface area contributed by atoms with Crippen LogP contribution in [0.3, 0.4) is 0 Å². The summed E-state index contributed by atoms with van der Waals surface area (Å²) in [6.07, 6.45) is -0.0168. The number of hydrogen-bond donors (Lipinski definition) is 2. The number of likely N-dealkylation sites (tertiary alicyclic amines) is 1. The van der Waals surface area contributed by atoms with Crippen LogP contribution in [0.5, 0.6) is 0 Å². The van der Waals surface area contributed by atoms with Crippen LogP contribution in [0.4, 0.5) is 9.93 Å². The first-order valence-electron chi connectivity index (χ1n) is 9.51. The molecule has 8 heteroatoms. The lowest BCUT2D eigenvalue weighted by molar-refractivity contribution is -0.119. The van der Waals surface area contributed by atoms with E-state index in [-0.39, 0.29) is 10.9 Å². The Hall–Kier alpha value is -3.52. The minimum absolute atomic E-state index is 0.180. The van der Waals surface area contributed by atoms with Gasteiger partial charge in [-0.2, -0.15) is 0 Å². The fraction of sp³-hybridized carbons (Fsp3) is 0.182. The van der Waals surface area contributed by atoms with E-state index in [1.807, 2.05) is 36.4 Å². The SMILES string of the molecule is O=C(c1ccccc1)c1sc(NC(=O)[C@@H]2CCCN2C(=O)O)nc1-c1ccccc1. The first-order valence-corrected chi connectivity index (χ1v) is 10.3. The highest BCUT2D eigenvalue weighted by Crippen LogP contribution is 2.33. The molecule has 1 atom stereocenters. The number of aromatic nitrogens is 1. The van der Waals surface area contributed by atoms with Gasteiger partial charge in [0.1, 0.15) is 10.9 Å². The molecular weight excluding hydrogens is 402 g/mol. The van der Waals surface area contributed by atoms with Crippen LogP contribution >= 0.6 is 11.3 Å². The summed E-state index contributed by atoms with van der Waals surface area (Å²) in [5.74, 6) is -0.609. The number of carbonyl (C=O) groups excluding carboxylic acids is 2. The molecule has 7 nitrogen and oxygen atoms in total. The molecule has 0 saturated carbocycles.